The lowest BCUT2D eigenvalue weighted by Crippen LogP contribution is -2.49. The number of primary amides is 1. The number of piperidine rings is 1. The molecule has 3 N–H and O–H groups in total. The summed E-state index contributed by atoms with van der Waals surface area (Å²) in [6, 6.07) is 8.05. The Labute approximate surface area is 136 Å². The molecule has 3 rings (SSSR count). The minimum absolute atomic E-state index is 0.0241. The summed E-state index contributed by atoms with van der Waals surface area (Å²) in [6.45, 7) is 4.18. The Bertz CT molecular complexity index is 709. The number of rotatable bonds is 5. The van der Waals surface area contributed by atoms with Crippen molar-refractivity contribution in [1.82, 2.24) is 4.90 Å². The second kappa shape index (κ2) is 6.34. The van der Waals surface area contributed by atoms with Gasteiger partial charge in [0.1, 0.15) is 11.3 Å². The van der Waals surface area contributed by atoms with Gasteiger partial charge in [0.25, 0.3) is 0 Å². The molecule has 0 radical (unpaired) electrons. The molecule has 1 aromatic carbocycles. The molecular formula is C18H24N2O3. The number of nitrogens with two attached hydrogens (primary N) is 1. The van der Waals surface area contributed by atoms with E-state index in [1.54, 1.807) is 0 Å². The third-order valence-corrected chi connectivity index (χ3v) is 4.62. The summed E-state index contributed by atoms with van der Waals surface area (Å²) < 4.78 is 5.94. The maximum Gasteiger partial charge on any atom is 0.220 e. The molecule has 1 aliphatic heterocycles. The summed E-state index contributed by atoms with van der Waals surface area (Å²) in [5.41, 5.74) is 6.37. The molecule has 0 spiro atoms. The molecule has 1 fully saturated rings. The molecule has 0 bridgehead atoms. The fraction of sp³-hybridized carbons (Fsp3) is 0.500. The molecule has 1 aromatic heterocycles. The summed E-state index contributed by atoms with van der Waals surface area (Å²) in [5, 5.41) is 11.7. The molecule has 1 unspecified atom stereocenters. The molecule has 0 saturated carbocycles. The number of β-amino-alcohol motifs (C(OH)–C–C–N with tert-alkyl or cyclic N) is 1. The fourth-order valence-corrected chi connectivity index (χ4v) is 3.64. The SMILES string of the molecule is CCc1oc2ccccc2c1CN1CCCC(O)(CC(N)=O)C1. The fourth-order valence-electron chi connectivity index (χ4n) is 3.64. The smallest absolute Gasteiger partial charge is 0.220 e. The van der Waals surface area contributed by atoms with E-state index in [1.807, 2.05) is 18.2 Å². The van der Waals surface area contributed by atoms with Crippen molar-refractivity contribution in [3.8, 4) is 0 Å². The first kappa shape index (κ1) is 16.0. The number of aliphatic hydroxyl groups is 1. The molecular weight excluding hydrogens is 292 g/mol. The minimum Gasteiger partial charge on any atom is -0.461 e. The van der Waals surface area contributed by atoms with Crippen LogP contribution in [0.4, 0.5) is 0 Å². The summed E-state index contributed by atoms with van der Waals surface area (Å²) in [4.78, 5) is 13.4. The van der Waals surface area contributed by atoms with Crippen LogP contribution in [0.2, 0.25) is 0 Å². The average molecular weight is 316 g/mol. The molecule has 1 amide bonds. The third-order valence-electron chi connectivity index (χ3n) is 4.62. The first-order chi connectivity index (χ1) is 11.0. The van der Waals surface area contributed by atoms with Crippen LogP contribution in [0.3, 0.4) is 0 Å². The van der Waals surface area contributed by atoms with Crippen molar-refractivity contribution in [3.05, 3.63) is 35.6 Å². The van der Waals surface area contributed by atoms with Crippen LogP contribution in [0.1, 0.15) is 37.5 Å². The number of carbonyl (C=O) groups excluding carboxylic acids is 1. The minimum atomic E-state index is -1.00. The average Bonchev–Trinajstić information content (AvgIpc) is 2.84. The second-order valence-corrected chi connectivity index (χ2v) is 6.54. The van der Waals surface area contributed by atoms with Gasteiger partial charge in [0.2, 0.25) is 5.91 Å². The number of likely N-dealkylation sites (tertiary alicyclic amines) is 1. The van der Waals surface area contributed by atoms with E-state index in [4.69, 9.17) is 10.2 Å². The number of fused-ring (bicyclic) bond motifs is 1. The number of aryl methyl sites for hydroxylation is 1. The van der Waals surface area contributed by atoms with E-state index >= 15 is 0 Å². The highest BCUT2D eigenvalue weighted by Crippen LogP contribution is 2.30. The number of nitrogens with zero attached hydrogens (tertiary/aromatic N) is 1. The van der Waals surface area contributed by atoms with E-state index in [2.05, 4.69) is 17.9 Å². The van der Waals surface area contributed by atoms with Gasteiger partial charge in [-0.05, 0) is 25.5 Å². The Morgan fingerprint density at radius 1 is 1.43 bits per heavy atom. The van der Waals surface area contributed by atoms with Gasteiger partial charge in [0, 0.05) is 30.5 Å². The van der Waals surface area contributed by atoms with Crippen LogP contribution in [0.15, 0.2) is 28.7 Å². The number of furan rings is 1. The summed E-state index contributed by atoms with van der Waals surface area (Å²) in [7, 11) is 0. The van der Waals surface area contributed by atoms with Crippen molar-refractivity contribution in [3.63, 3.8) is 0 Å². The Morgan fingerprint density at radius 3 is 2.96 bits per heavy atom. The van der Waals surface area contributed by atoms with Gasteiger partial charge in [-0.3, -0.25) is 9.69 Å². The van der Waals surface area contributed by atoms with Gasteiger partial charge >= 0.3 is 0 Å². The van der Waals surface area contributed by atoms with Crippen molar-refractivity contribution in [2.24, 2.45) is 5.73 Å². The lowest BCUT2D eigenvalue weighted by Gasteiger charge is -2.38. The van der Waals surface area contributed by atoms with Gasteiger partial charge in [0.15, 0.2) is 0 Å². The summed E-state index contributed by atoms with van der Waals surface area (Å²) in [5.74, 6) is 0.549. The van der Waals surface area contributed by atoms with Crippen LogP contribution in [0.25, 0.3) is 11.0 Å². The maximum atomic E-state index is 11.2. The van der Waals surface area contributed by atoms with Crippen molar-refractivity contribution in [1.29, 1.82) is 0 Å². The molecule has 124 valence electrons. The van der Waals surface area contributed by atoms with E-state index in [1.165, 1.54) is 5.56 Å². The van der Waals surface area contributed by atoms with Crippen LogP contribution in [-0.2, 0) is 17.8 Å². The van der Waals surface area contributed by atoms with Gasteiger partial charge in [-0.15, -0.1) is 0 Å². The van der Waals surface area contributed by atoms with Crippen LogP contribution < -0.4 is 5.73 Å². The Kier molecular flexibility index (Phi) is 4.41. The highest BCUT2D eigenvalue weighted by atomic mass is 16.3. The molecule has 5 nitrogen and oxygen atoms in total. The lowest BCUT2D eigenvalue weighted by molar-refractivity contribution is -0.125. The van der Waals surface area contributed by atoms with E-state index in [9.17, 15) is 9.90 Å². The summed E-state index contributed by atoms with van der Waals surface area (Å²) in [6.07, 6.45) is 2.35. The lowest BCUT2D eigenvalue weighted by atomic mass is 9.89. The van der Waals surface area contributed by atoms with Gasteiger partial charge in [-0.1, -0.05) is 25.1 Å². The number of benzene rings is 1. The number of hydrogen-bond donors (Lipinski definition) is 2. The maximum absolute atomic E-state index is 11.2. The molecule has 2 heterocycles. The predicted molar refractivity (Wildman–Crippen MR) is 88.9 cm³/mol. The van der Waals surface area contributed by atoms with Crippen LogP contribution in [-0.4, -0.2) is 34.6 Å². The van der Waals surface area contributed by atoms with Crippen molar-refractivity contribution in [2.45, 2.75) is 44.8 Å². The quantitative estimate of drug-likeness (QED) is 0.886. The molecule has 2 aromatic rings. The highest BCUT2D eigenvalue weighted by molar-refractivity contribution is 5.82. The molecule has 1 aliphatic rings. The standard InChI is InChI=1S/C18H24N2O3/c1-2-15-14(13-6-3-4-7-16(13)23-15)11-20-9-5-8-18(22,12-20)10-17(19)21/h3-4,6-7,22H,2,5,8-12H2,1H3,(H2,19,21). The van der Waals surface area contributed by atoms with Crippen molar-refractivity contribution < 1.29 is 14.3 Å². The first-order valence-electron chi connectivity index (χ1n) is 8.23. The zero-order valence-corrected chi connectivity index (χ0v) is 13.5. The number of hydrogen-bond acceptors (Lipinski definition) is 4. The Balaban J connectivity index is 1.83. The molecule has 1 saturated heterocycles. The van der Waals surface area contributed by atoms with Gasteiger partial charge in [-0.2, -0.15) is 0 Å². The van der Waals surface area contributed by atoms with E-state index < -0.39 is 11.5 Å². The second-order valence-electron chi connectivity index (χ2n) is 6.54. The first-order valence-corrected chi connectivity index (χ1v) is 8.23. The van der Waals surface area contributed by atoms with Crippen LogP contribution in [0.5, 0.6) is 0 Å². The van der Waals surface area contributed by atoms with Crippen molar-refractivity contribution >= 4 is 16.9 Å². The van der Waals surface area contributed by atoms with Gasteiger partial charge < -0.3 is 15.3 Å². The van der Waals surface area contributed by atoms with E-state index in [-0.39, 0.29) is 6.42 Å². The van der Waals surface area contributed by atoms with Crippen LogP contribution >= 0.6 is 0 Å². The number of carbonyl (C=O) groups is 1. The highest BCUT2D eigenvalue weighted by Gasteiger charge is 2.35. The van der Waals surface area contributed by atoms with Crippen LogP contribution in [0, 0.1) is 0 Å². The topological polar surface area (TPSA) is 79.7 Å². The molecule has 5 heteroatoms. The Morgan fingerprint density at radius 2 is 2.22 bits per heavy atom. The molecule has 23 heavy (non-hydrogen) atoms. The Hall–Kier alpha value is -1.85. The van der Waals surface area contributed by atoms with E-state index in [0.29, 0.717) is 13.0 Å². The zero-order chi connectivity index (χ0) is 16.4. The number of amides is 1. The monoisotopic (exact) mass is 316 g/mol. The normalized spacial score (nSPS) is 22.5. The number of para-hydroxylation sites is 1. The van der Waals surface area contributed by atoms with Gasteiger partial charge in [0.05, 0.1) is 12.0 Å². The predicted octanol–water partition coefficient (Wildman–Crippen LogP) is 2.20. The largest absolute Gasteiger partial charge is 0.461 e. The van der Waals surface area contributed by atoms with Gasteiger partial charge in [-0.25, -0.2) is 0 Å². The molecule has 1 atom stereocenters. The molecule has 0 aliphatic carbocycles. The van der Waals surface area contributed by atoms with E-state index in [0.717, 1.165) is 42.7 Å². The summed E-state index contributed by atoms with van der Waals surface area (Å²) >= 11 is 0. The van der Waals surface area contributed by atoms with Crippen molar-refractivity contribution in [2.75, 3.05) is 13.1 Å². The zero-order valence-electron chi connectivity index (χ0n) is 13.5. The third kappa shape index (κ3) is 3.41.